The summed E-state index contributed by atoms with van der Waals surface area (Å²) in [5.41, 5.74) is 3.48. The lowest BCUT2D eigenvalue weighted by molar-refractivity contribution is 0.240. The maximum atomic E-state index is 12.7. The minimum absolute atomic E-state index is 0.0785. The first kappa shape index (κ1) is 20.1. The van der Waals surface area contributed by atoms with Crippen LogP contribution < -0.4 is 15.0 Å². The number of hydrogen-bond donors (Lipinski definition) is 1. The van der Waals surface area contributed by atoms with E-state index in [1.165, 1.54) is 0 Å². The third-order valence-electron chi connectivity index (χ3n) is 5.10. The van der Waals surface area contributed by atoms with Gasteiger partial charge in [-0.1, -0.05) is 6.07 Å². The number of nitrogens with one attached hydrogen (secondary N) is 1. The molecule has 0 aliphatic carbocycles. The Kier molecular flexibility index (Phi) is 6.09. The Balaban J connectivity index is 1.52. The molecule has 0 atom stereocenters. The maximum absolute atomic E-state index is 12.7. The number of pyridine rings is 1. The van der Waals surface area contributed by atoms with Gasteiger partial charge >= 0.3 is 0 Å². The number of aromatic nitrogens is 3. The molecule has 0 bridgehead atoms. The molecule has 4 rings (SSSR count). The Morgan fingerprint density at radius 2 is 1.97 bits per heavy atom. The first-order valence-corrected chi connectivity index (χ1v) is 10.3. The summed E-state index contributed by atoms with van der Waals surface area (Å²) < 4.78 is 11.4. The lowest BCUT2D eigenvalue weighted by Crippen LogP contribution is -2.35. The fourth-order valence-corrected chi connectivity index (χ4v) is 3.71. The monoisotopic (exact) mass is 406 g/mol. The van der Waals surface area contributed by atoms with Crippen LogP contribution >= 0.6 is 0 Å². The van der Waals surface area contributed by atoms with E-state index in [1.54, 1.807) is 12.4 Å². The molecule has 1 aliphatic heterocycles. The highest BCUT2D eigenvalue weighted by atomic mass is 16.5. The van der Waals surface area contributed by atoms with Crippen LogP contribution in [0.2, 0.25) is 0 Å². The Labute approximate surface area is 175 Å². The first-order chi connectivity index (χ1) is 14.7. The number of benzene rings is 1. The summed E-state index contributed by atoms with van der Waals surface area (Å²) in [7, 11) is 0. The van der Waals surface area contributed by atoms with Crippen LogP contribution in [0.5, 0.6) is 11.5 Å². The second-order valence-electron chi connectivity index (χ2n) is 7.19. The SMILES string of the molecule is CCOc1ccc(CN2CCc3nc(-c4cccnc4)[nH]c(=O)c3C2)cc1OCC. The number of fused-ring (bicyclic) bond motifs is 1. The van der Waals surface area contributed by atoms with Crippen LogP contribution in [0.3, 0.4) is 0 Å². The van der Waals surface area contributed by atoms with Crippen molar-refractivity contribution in [2.75, 3.05) is 19.8 Å². The van der Waals surface area contributed by atoms with Gasteiger partial charge in [0, 0.05) is 44.0 Å². The van der Waals surface area contributed by atoms with E-state index in [0.29, 0.717) is 25.6 Å². The van der Waals surface area contributed by atoms with Crippen LogP contribution in [0.15, 0.2) is 47.5 Å². The normalized spacial score (nSPS) is 13.7. The maximum Gasteiger partial charge on any atom is 0.255 e. The van der Waals surface area contributed by atoms with Crippen LogP contribution in [0.25, 0.3) is 11.4 Å². The van der Waals surface area contributed by atoms with Gasteiger partial charge in [0.05, 0.1) is 24.5 Å². The minimum atomic E-state index is -0.0785. The highest BCUT2D eigenvalue weighted by molar-refractivity contribution is 5.53. The second-order valence-corrected chi connectivity index (χ2v) is 7.19. The van der Waals surface area contributed by atoms with Crippen molar-refractivity contribution >= 4 is 0 Å². The van der Waals surface area contributed by atoms with Crippen LogP contribution in [-0.4, -0.2) is 39.6 Å². The number of nitrogens with zero attached hydrogens (tertiary/aromatic N) is 3. The standard InChI is InChI=1S/C23H26N4O3/c1-3-29-20-8-7-16(12-21(20)30-4-2)14-27-11-9-19-18(15-27)23(28)26-22(25-19)17-6-5-10-24-13-17/h5-8,10,12-13H,3-4,9,11,14-15H2,1-2H3,(H,25,26,28). The zero-order chi connectivity index (χ0) is 20.9. The molecule has 7 heteroatoms. The number of aromatic amines is 1. The fraction of sp³-hybridized carbons (Fsp3) is 0.348. The average molecular weight is 406 g/mol. The van der Waals surface area contributed by atoms with Crippen LogP contribution in [0.1, 0.15) is 30.7 Å². The molecule has 3 heterocycles. The third-order valence-corrected chi connectivity index (χ3v) is 5.10. The third kappa shape index (κ3) is 4.36. The second kappa shape index (κ2) is 9.09. The van der Waals surface area contributed by atoms with E-state index in [9.17, 15) is 4.79 Å². The highest BCUT2D eigenvalue weighted by Crippen LogP contribution is 2.29. The Hall–Kier alpha value is -3.19. The van der Waals surface area contributed by atoms with Gasteiger partial charge in [-0.15, -0.1) is 0 Å². The molecule has 0 spiro atoms. The Bertz CT molecular complexity index is 1070. The summed E-state index contributed by atoms with van der Waals surface area (Å²) in [4.78, 5) is 26.7. The lowest BCUT2D eigenvalue weighted by Gasteiger charge is -2.28. The number of H-pyrrole nitrogens is 1. The molecular weight excluding hydrogens is 380 g/mol. The van der Waals surface area contributed by atoms with Crippen molar-refractivity contribution < 1.29 is 9.47 Å². The van der Waals surface area contributed by atoms with Crippen molar-refractivity contribution in [3.63, 3.8) is 0 Å². The van der Waals surface area contributed by atoms with Gasteiger partial charge in [-0.2, -0.15) is 0 Å². The molecule has 1 N–H and O–H groups in total. The van der Waals surface area contributed by atoms with Crippen LogP contribution in [-0.2, 0) is 19.5 Å². The Morgan fingerprint density at radius 1 is 1.13 bits per heavy atom. The van der Waals surface area contributed by atoms with E-state index in [-0.39, 0.29) is 5.56 Å². The van der Waals surface area contributed by atoms with Crippen molar-refractivity contribution in [1.29, 1.82) is 0 Å². The molecule has 7 nitrogen and oxygen atoms in total. The molecule has 30 heavy (non-hydrogen) atoms. The van der Waals surface area contributed by atoms with Crippen molar-refractivity contribution in [2.45, 2.75) is 33.4 Å². The topological polar surface area (TPSA) is 80.3 Å². The molecule has 0 saturated carbocycles. The Morgan fingerprint density at radius 3 is 2.73 bits per heavy atom. The molecule has 0 unspecified atom stereocenters. The smallest absolute Gasteiger partial charge is 0.255 e. The van der Waals surface area contributed by atoms with Gasteiger partial charge in [0.2, 0.25) is 0 Å². The molecule has 1 aromatic carbocycles. The molecule has 2 aromatic heterocycles. The summed E-state index contributed by atoms with van der Waals surface area (Å²) in [6, 6.07) is 9.77. The van der Waals surface area contributed by atoms with Crippen molar-refractivity contribution in [3.8, 4) is 22.9 Å². The van der Waals surface area contributed by atoms with Crippen molar-refractivity contribution in [2.24, 2.45) is 0 Å². The van der Waals surface area contributed by atoms with Gasteiger partial charge in [-0.25, -0.2) is 4.98 Å². The minimum Gasteiger partial charge on any atom is -0.490 e. The van der Waals surface area contributed by atoms with E-state index in [0.717, 1.165) is 53.4 Å². The van der Waals surface area contributed by atoms with Gasteiger partial charge in [0.15, 0.2) is 11.5 Å². The molecule has 0 amide bonds. The predicted octanol–water partition coefficient (Wildman–Crippen LogP) is 3.19. The average Bonchev–Trinajstić information content (AvgIpc) is 2.77. The summed E-state index contributed by atoms with van der Waals surface area (Å²) >= 11 is 0. The summed E-state index contributed by atoms with van der Waals surface area (Å²) in [5.74, 6) is 2.10. The molecule has 1 aliphatic rings. The van der Waals surface area contributed by atoms with Crippen LogP contribution in [0.4, 0.5) is 0 Å². The zero-order valence-corrected chi connectivity index (χ0v) is 17.4. The van der Waals surface area contributed by atoms with Gasteiger partial charge in [0.25, 0.3) is 5.56 Å². The first-order valence-electron chi connectivity index (χ1n) is 10.3. The van der Waals surface area contributed by atoms with E-state index >= 15 is 0 Å². The largest absolute Gasteiger partial charge is 0.490 e. The zero-order valence-electron chi connectivity index (χ0n) is 17.4. The fourth-order valence-electron chi connectivity index (χ4n) is 3.71. The number of ether oxygens (including phenoxy) is 2. The van der Waals surface area contributed by atoms with Crippen molar-refractivity contribution in [3.05, 3.63) is 69.9 Å². The number of hydrogen-bond acceptors (Lipinski definition) is 6. The van der Waals surface area contributed by atoms with E-state index in [1.807, 2.05) is 38.1 Å². The summed E-state index contributed by atoms with van der Waals surface area (Å²) in [6.45, 7) is 7.24. The quantitative estimate of drug-likeness (QED) is 0.649. The van der Waals surface area contributed by atoms with E-state index < -0.39 is 0 Å². The lowest BCUT2D eigenvalue weighted by atomic mass is 10.1. The van der Waals surface area contributed by atoms with Gasteiger partial charge in [0.1, 0.15) is 5.82 Å². The molecule has 0 fully saturated rings. The molecule has 156 valence electrons. The van der Waals surface area contributed by atoms with E-state index in [2.05, 4.69) is 20.9 Å². The highest BCUT2D eigenvalue weighted by Gasteiger charge is 2.22. The molecule has 3 aromatic rings. The molecule has 0 radical (unpaired) electrons. The van der Waals surface area contributed by atoms with Crippen molar-refractivity contribution in [1.82, 2.24) is 19.9 Å². The number of rotatable bonds is 7. The molecular formula is C23H26N4O3. The van der Waals surface area contributed by atoms with Crippen LogP contribution in [0, 0.1) is 0 Å². The summed E-state index contributed by atoms with van der Waals surface area (Å²) in [5, 5.41) is 0. The van der Waals surface area contributed by atoms with Gasteiger partial charge in [-0.05, 0) is 43.7 Å². The van der Waals surface area contributed by atoms with E-state index in [4.69, 9.17) is 14.5 Å². The van der Waals surface area contributed by atoms with Gasteiger partial charge in [-0.3, -0.25) is 14.7 Å². The molecule has 0 saturated heterocycles. The van der Waals surface area contributed by atoms with Gasteiger partial charge < -0.3 is 14.5 Å². The predicted molar refractivity (Wildman–Crippen MR) is 115 cm³/mol. The summed E-state index contributed by atoms with van der Waals surface area (Å²) in [6.07, 6.45) is 4.15.